The lowest BCUT2D eigenvalue weighted by Gasteiger charge is -2.12. The summed E-state index contributed by atoms with van der Waals surface area (Å²) in [6, 6.07) is 9.99. The molecule has 1 N–H and O–H groups in total. The summed E-state index contributed by atoms with van der Waals surface area (Å²) in [5, 5.41) is 14.1. The molecule has 6 nitrogen and oxygen atoms in total. The summed E-state index contributed by atoms with van der Waals surface area (Å²) in [5.41, 5.74) is 1.26. The van der Waals surface area contributed by atoms with Gasteiger partial charge in [-0.05, 0) is 35.8 Å². The third-order valence-corrected chi connectivity index (χ3v) is 3.13. The Labute approximate surface area is 118 Å². The van der Waals surface area contributed by atoms with Gasteiger partial charge >= 0.3 is 0 Å². The van der Waals surface area contributed by atoms with Crippen molar-refractivity contribution in [2.45, 2.75) is 32.2 Å². The number of rotatable bonds is 6. The van der Waals surface area contributed by atoms with E-state index in [1.807, 2.05) is 25.1 Å². The van der Waals surface area contributed by atoms with Crippen LogP contribution in [0.5, 0.6) is 0 Å². The Morgan fingerprint density at radius 2 is 2.10 bits per heavy atom. The van der Waals surface area contributed by atoms with Crippen LogP contribution in [0.3, 0.4) is 0 Å². The fourth-order valence-electron chi connectivity index (χ4n) is 2.08. The summed E-state index contributed by atoms with van der Waals surface area (Å²) in [5.74, 6) is 0.679. The maximum Gasteiger partial charge on any atom is 0.220 e. The molecule has 1 atom stereocenters. The molecule has 6 heteroatoms. The van der Waals surface area contributed by atoms with Crippen molar-refractivity contribution in [2.24, 2.45) is 7.05 Å². The normalized spacial score (nSPS) is 12.1. The Morgan fingerprint density at radius 1 is 1.35 bits per heavy atom. The van der Waals surface area contributed by atoms with Crippen LogP contribution in [0.4, 0.5) is 0 Å². The lowest BCUT2D eigenvalue weighted by Crippen LogP contribution is -2.28. The number of hydrogen-bond acceptors (Lipinski definition) is 4. The molecule has 0 radical (unpaired) electrons. The molecule has 1 aromatic heterocycles. The number of aryl methyl sites for hydroxylation is 2. The highest BCUT2D eigenvalue weighted by atomic mass is 16.1. The summed E-state index contributed by atoms with van der Waals surface area (Å²) in [6.07, 6.45) is 2.25. The van der Waals surface area contributed by atoms with Gasteiger partial charge in [0.15, 0.2) is 5.82 Å². The molecule has 1 aromatic carbocycles. The van der Waals surface area contributed by atoms with Crippen molar-refractivity contribution in [1.29, 1.82) is 0 Å². The summed E-state index contributed by atoms with van der Waals surface area (Å²) >= 11 is 0. The Kier molecular flexibility index (Phi) is 4.81. The van der Waals surface area contributed by atoms with Gasteiger partial charge in [0.25, 0.3) is 0 Å². The molecule has 0 unspecified atom stereocenters. The van der Waals surface area contributed by atoms with Crippen LogP contribution in [0.25, 0.3) is 0 Å². The van der Waals surface area contributed by atoms with Gasteiger partial charge in [0, 0.05) is 13.5 Å². The van der Waals surface area contributed by atoms with E-state index < -0.39 is 0 Å². The molecule has 2 aromatic rings. The molecule has 0 aliphatic heterocycles. The van der Waals surface area contributed by atoms with E-state index in [0.717, 1.165) is 12.8 Å². The zero-order chi connectivity index (χ0) is 14.4. The topological polar surface area (TPSA) is 72.7 Å². The van der Waals surface area contributed by atoms with Crippen molar-refractivity contribution in [3.05, 3.63) is 41.7 Å². The predicted molar refractivity (Wildman–Crippen MR) is 74.7 cm³/mol. The second kappa shape index (κ2) is 6.79. The largest absolute Gasteiger partial charge is 0.346 e. The lowest BCUT2D eigenvalue weighted by molar-refractivity contribution is -0.121. The van der Waals surface area contributed by atoms with E-state index in [9.17, 15) is 4.79 Å². The number of benzene rings is 1. The summed E-state index contributed by atoms with van der Waals surface area (Å²) < 4.78 is 1.56. The van der Waals surface area contributed by atoms with Crippen molar-refractivity contribution in [3.8, 4) is 0 Å². The van der Waals surface area contributed by atoms with E-state index in [-0.39, 0.29) is 11.9 Å². The highest BCUT2D eigenvalue weighted by Crippen LogP contribution is 2.08. The van der Waals surface area contributed by atoms with E-state index in [0.29, 0.717) is 12.2 Å². The quantitative estimate of drug-likeness (QED) is 0.863. The van der Waals surface area contributed by atoms with Crippen LogP contribution in [0.15, 0.2) is 30.3 Å². The fourth-order valence-corrected chi connectivity index (χ4v) is 2.08. The third-order valence-electron chi connectivity index (χ3n) is 3.13. The van der Waals surface area contributed by atoms with Crippen molar-refractivity contribution in [3.63, 3.8) is 0 Å². The smallest absolute Gasteiger partial charge is 0.220 e. The molecule has 1 heterocycles. The summed E-state index contributed by atoms with van der Waals surface area (Å²) in [7, 11) is 1.76. The second-order valence-corrected chi connectivity index (χ2v) is 4.79. The van der Waals surface area contributed by atoms with Crippen LogP contribution in [-0.4, -0.2) is 26.1 Å². The van der Waals surface area contributed by atoms with E-state index >= 15 is 0 Å². The molecule has 0 fully saturated rings. The first kappa shape index (κ1) is 14.2. The number of carbonyl (C=O) groups is 1. The molecule has 2 rings (SSSR count). The van der Waals surface area contributed by atoms with Crippen LogP contribution in [0, 0.1) is 0 Å². The van der Waals surface area contributed by atoms with Gasteiger partial charge < -0.3 is 5.32 Å². The third kappa shape index (κ3) is 3.88. The molecule has 106 valence electrons. The molecule has 20 heavy (non-hydrogen) atoms. The van der Waals surface area contributed by atoms with Gasteiger partial charge in [-0.2, -0.15) is 0 Å². The molecular weight excluding hydrogens is 254 g/mol. The van der Waals surface area contributed by atoms with Gasteiger partial charge in [-0.1, -0.05) is 30.3 Å². The molecule has 0 bridgehead atoms. The second-order valence-electron chi connectivity index (χ2n) is 4.79. The van der Waals surface area contributed by atoms with Crippen LogP contribution < -0.4 is 5.32 Å². The molecule has 1 amide bonds. The van der Waals surface area contributed by atoms with Crippen molar-refractivity contribution >= 4 is 5.91 Å². The van der Waals surface area contributed by atoms with Gasteiger partial charge in [-0.25, -0.2) is 4.68 Å². The first-order valence-corrected chi connectivity index (χ1v) is 6.72. The maximum absolute atomic E-state index is 11.9. The first-order chi connectivity index (χ1) is 9.66. The number of nitrogens with one attached hydrogen (secondary N) is 1. The average molecular weight is 273 g/mol. The molecule has 0 aliphatic carbocycles. The number of aromatic nitrogens is 4. The Morgan fingerprint density at radius 3 is 2.75 bits per heavy atom. The number of hydrogen-bond donors (Lipinski definition) is 1. The number of amides is 1. The minimum Gasteiger partial charge on any atom is -0.346 e. The van der Waals surface area contributed by atoms with Crippen molar-refractivity contribution in [1.82, 2.24) is 25.5 Å². The number of tetrazole rings is 1. The SMILES string of the molecule is C[C@H](NC(=O)CCCc1ccccc1)c1nnnn1C. The van der Waals surface area contributed by atoms with Gasteiger partial charge in [0.1, 0.15) is 0 Å². The summed E-state index contributed by atoms with van der Waals surface area (Å²) in [4.78, 5) is 11.9. The summed E-state index contributed by atoms with van der Waals surface area (Å²) in [6.45, 7) is 1.88. The van der Waals surface area contributed by atoms with E-state index in [4.69, 9.17) is 0 Å². The lowest BCUT2D eigenvalue weighted by atomic mass is 10.1. The Bertz CT molecular complexity index is 552. The zero-order valence-electron chi connectivity index (χ0n) is 11.8. The van der Waals surface area contributed by atoms with E-state index in [1.54, 1.807) is 11.7 Å². The number of carbonyl (C=O) groups excluding carboxylic acids is 1. The van der Waals surface area contributed by atoms with Gasteiger partial charge in [0.2, 0.25) is 5.91 Å². The minimum absolute atomic E-state index is 0.0245. The van der Waals surface area contributed by atoms with Crippen LogP contribution >= 0.6 is 0 Å². The molecule has 0 spiro atoms. The standard InChI is InChI=1S/C14H19N5O/c1-11(14-16-17-18-19(14)2)15-13(20)10-6-9-12-7-4-3-5-8-12/h3-5,7-8,11H,6,9-10H2,1-2H3,(H,15,20)/t11-/m0/s1. The fraction of sp³-hybridized carbons (Fsp3) is 0.429. The first-order valence-electron chi connectivity index (χ1n) is 6.72. The zero-order valence-corrected chi connectivity index (χ0v) is 11.8. The van der Waals surface area contributed by atoms with Crippen LogP contribution in [0.2, 0.25) is 0 Å². The molecule has 0 saturated heterocycles. The molecular formula is C14H19N5O. The van der Waals surface area contributed by atoms with Crippen molar-refractivity contribution < 1.29 is 4.79 Å². The highest BCUT2D eigenvalue weighted by Gasteiger charge is 2.14. The molecule has 0 aliphatic rings. The van der Waals surface area contributed by atoms with E-state index in [1.165, 1.54) is 5.56 Å². The monoisotopic (exact) mass is 273 g/mol. The predicted octanol–water partition coefficient (Wildman–Crippen LogP) is 1.41. The van der Waals surface area contributed by atoms with Crippen LogP contribution in [-0.2, 0) is 18.3 Å². The maximum atomic E-state index is 11.9. The van der Waals surface area contributed by atoms with Gasteiger partial charge in [-0.3, -0.25) is 4.79 Å². The molecule has 0 saturated carbocycles. The Hall–Kier alpha value is -2.24. The van der Waals surface area contributed by atoms with Gasteiger partial charge in [0.05, 0.1) is 6.04 Å². The number of nitrogens with zero attached hydrogens (tertiary/aromatic N) is 4. The van der Waals surface area contributed by atoms with Crippen LogP contribution in [0.1, 0.15) is 37.2 Å². The van der Waals surface area contributed by atoms with E-state index in [2.05, 4.69) is 33.0 Å². The van der Waals surface area contributed by atoms with Gasteiger partial charge in [-0.15, -0.1) is 5.10 Å². The minimum atomic E-state index is -0.181. The average Bonchev–Trinajstić information content (AvgIpc) is 2.86. The Balaban J connectivity index is 1.74. The highest BCUT2D eigenvalue weighted by molar-refractivity contribution is 5.76. The van der Waals surface area contributed by atoms with Crippen molar-refractivity contribution in [2.75, 3.05) is 0 Å².